The van der Waals surface area contributed by atoms with Crippen molar-refractivity contribution in [3.63, 3.8) is 0 Å². The molecule has 0 spiro atoms. The van der Waals surface area contributed by atoms with E-state index in [2.05, 4.69) is 5.32 Å². The Morgan fingerprint density at radius 3 is 2.78 bits per heavy atom. The molecule has 1 amide bonds. The van der Waals surface area contributed by atoms with E-state index in [1.807, 2.05) is 37.3 Å². The highest BCUT2D eigenvalue weighted by molar-refractivity contribution is 5.79. The number of amides is 1. The van der Waals surface area contributed by atoms with Gasteiger partial charge in [-0.3, -0.25) is 4.79 Å². The molecular weight excluding hydrogens is 224 g/mol. The molecule has 3 heteroatoms. The minimum atomic E-state index is 0.0673. The standard InChI is InChI=1S/C15H22N2O/c1-11(12-6-3-2-4-7-12)17-15(18)14-9-5-8-13(14)10-16/h2-4,6-7,11,13-14H,5,8-10,16H2,1H3,(H,17,18)/t11?,13-,14-/m1/s1. The molecule has 1 aromatic rings. The van der Waals surface area contributed by atoms with Crippen molar-refractivity contribution in [3.8, 4) is 0 Å². The Kier molecular flexibility index (Phi) is 4.37. The van der Waals surface area contributed by atoms with Crippen LogP contribution in [0, 0.1) is 11.8 Å². The van der Waals surface area contributed by atoms with Gasteiger partial charge >= 0.3 is 0 Å². The van der Waals surface area contributed by atoms with Crippen molar-refractivity contribution >= 4 is 5.91 Å². The molecule has 2 rings (SSSR count). The molecule has 0 saturated heterocycles. The van der Waals surface area contributed by atoms with Crippen molar-refractivity contribution in [1.82, 2.24) is 5.32 Å². The van der Waals surface area contributed by atoms with Crippen LogP contribution in [0.3, 0.4) is 0 Å². The maximum Gasteiger partial charge on any atom is 0.223 e. The molecule has 0 aromatic heterocycles. The topological polar surface area (TPSA) is 55.1 Å². The van der Waals surface area contributed by atoms with E-state index < -0.39 is 0 Å². The maximum absolute atomic E-state index is 12.2. The normalized spacial score (nSPS) is 24.8. The van der Waals surface area contributed by atoms with E-state index in [-0.39, 0.29) is 17.9 Å². The fourth-order valence-electron chi connectivity index (χ4n) is 2.81. The van der Waals surface area contributed by atoms with E-state index in [4.69, 9.17) is 5.73 Å². The third-order valence-electron chi connectivity index (χ3n) is 3.96. The highest BCUT2D eigenvalue weighted by Gasteiger charge is 2.32. The zero-order valence-corrected chi connectivity index (χ0v) is 10.9. The third kappa shape index (κ3) is 2.91. The molecule has 1 saturated carbocycles. The van der Waals surface area contributed by atoms with E-state index in [0.29, 0.717) is 12.5 Å². The number of carbonyl (C=O) groups is 1. The van der Waals surface area contributed by atoms with Gasteiger partial charge in [-0.2, -0.15) is 0 Å². The average molecular weight is 246 g/mol. The van der Waals surface area contributed by atoms with Crippen LogP contribution in [-0.2, 0) is 4.79 Å². The minimum absolute atomic E-state index is 0.0673. The monoisotopic (exact) mass is 246 g/mol. The first-order chi connectivity index (χ1) is 8.72. The molecule has 1 fully saturated rings. The number of hydrogen-bond acceptors (Lipinski definition) is 2. The lowest BCUT2D eigenvalue weighted by molar-refractivity contribution is -0.126. The lowest BCUT2D eigenvalue weighted by Gasteiger charge is -2.21. The Morgan fingerprint density at radius 1 is 1.39 bits per heavy atom. The molecule has 3 nitrogen and oxygen atoms in total. The summed E-state index contributed by atoms with van der Waals surface area (Å²) in [4.78, 5) is 12.2. The predicted molar refractivity (Wildman–Crippen MR) is 72.9 cm³/mol. The Morgan fingerprint density at radius 2 is 2.11 bits per heavy atom. The highest BCUT2D eigenvalue weighted by Crippen LogP contribution is 2.31. The fourth-order valence-corrected chi connectivity index (χ4v) is 2.81. The summed E-state index contributed by atoms with van der Waals surface area (Å²) in [5, 5.41) is 3.11. The quantitative estimate of drug-likeness (QED) is 0.856. The Labute approximate surface area is 109 Å². The van der Waals surface area contributed by atoms with Crippen LogP contribution in [-0.4, -0.2) is 12.5 Å². The van der Waals surface area contributed by atoms with Crippen molar-refractivity contribution in [2.45, 2.75) is 32.2 Å². The van der Waals surface area contributed by atoms with Crippen LogP contribution in [0.1, 0.15) is 37.8 Å². The molecule has 3 N–H and O–H groups in total. The third-order valence-corrected chi connectivity index (χ3v) is 3.96. The van der Waals surface area contributed by atoms with E-state index in [1.165, 1.54) is 0 Å². The van der Waals surface area contributed by atoms with Crippen LogP contribution < -0.4 is 11.1 Å². The van der Waals surface area contributed by atoms with E-state index in [0.717, 1.165) is 24.8 Å². The number of hydrogen-bond donors (Lipinski definition) is 2. The molecule has 3 atom stereocenters. The summed E-state index contributed by atoms with van der Waals surface area (Å²) < 4.78 is 0. The molecular formula is C15H22N2O. The van der Waals surface area contributed by atoms with Crippen LogP contribution in [0.2, 0.25) is 0 Å². The maximum atomic E-state index is 12.2. The summed E-state index contributed by atoms with van der Waals surface area (Å²) in [6, 6.07) is 10.1. The number of benzene rings is 1. The minimum Gasteiger partial charge on any atom is -0.349 e. The van der Waals surface area contributed by atoms with Gasteiger partial charge in [0.25, 0.3) is 0 Å². The first-order valence-electron chi connectivity index (χ1n) is 6.77. The first kappa shape index (κ1) is 13.1. The molecule has 0 heterocycles. The van der Waals surface area contributed by atoms with Crippen molar-refractivity contribution in [2.24, 2.45) is 17.6 Å². The Hall–Kier alpha value is -1.35. The summed E-state index contributed by atoms with van der Waals surface area (Å²) in [7, 11) is 0. The van der Waals surface area contributed by atoms with Crippen molar-refractivity contribution < 1.29 is 4.79 Å². The summed E-state index contributed by atoms with van der Waals surface area (Å²) in [5.74, 6) is 0.647. The SMILES string of the molecule is CC(NC(=O)[C@@H]1CCC[C@@H]1CN)c1ccccc1. The largest absolute Gasteiger partial charge is 0.349 e. The molecule has 18 heavy (non-hydrogen) atoms. The summed E-state index contributed by atoms with van der Waals surface area (Å²) in [5.41, 5.74) is 6.87. The number of rotatable bonds is 4. The van der Waals surface area contributed by atoms with Gasteiger partial charge in [-0.1, -0.05) is 36.8 Å². The van der Waals surface area contributed by atoms with Gasteiger partial charge in [-0.15, -0.1) is 0 Å². The second-order valence-corrected chi connectivity index (χ2v) is 5.17. The molecule has 1 aliphatic carbocycles. The van der Waals surface area contributed by atoms with E-state index in [9.17, 15) is 4.79 Å². The number of carbonyl (C=O) groups excluding carboxylic acids is 1. The Bertz CT molecular complexity index is 391. The molecule has 1 aliphatic rings. The van der Waals surface area contributed by atoms with Gasteiger partial charge in [0, 0.05) is 5.92 Å². The summed E-state index contributed by atoms with van der Waals surface area (Å²) >= 11 is 0. The molecule has 1 unspecified atom stereocenters. The van der Waals surface area contributed by atoms with Crippen LogP contribution in [0.15, 0.2) is 30.3 Å². The van der Waals surface area contributed by atoms with Crippen molar-refractivity contribution in [1.29, 1.82) is 0 Å². The second kappa shape index (κ2) is 6.01. The lowest BCUT2D eigenvalue weighted by atomic mass is 9.95. The molecule has 98 valence electrons. The Balaban J connectivity index is 1.95. The lowest BCUT2D eigenvalue weighted by Crippen LogP contribution is -2.36. The smallest absolute Gasteiger partial charge is 0.223 e. The molecule has 0 bridgehead atoms. The molecule has 0 radical (unpaired) electrons. The molecule has 1 aromatic carbocycles. The predicted octanol–water partition coefficient (Wildman–Crippen LogP) is 2.24. The highest BCUT2D eigenvalue weighted by atomic mass is 16.2. The van der Waals surface area contributed by atoms with Crippen LogP contribution in [0.25, 0.3) is 0 Å². The van der Waals surface area contributed by atoms with E-state index >= 15 is 0 Å². The van der Waals surface area contributed by atoms with Gasteiger partial charge in [0.1, 0.15) is 0 Å². The van der Waals surface area contributed by atoms with Gasteiger partial charge in [-0.05, 0) is 37.8 Å². The van der Waals surface area contributed by atoms with Gasteiger partial charge in [0.05, 0.1) is 6.04 Å². The van der Waals surface area contributed by atoms with Gasteiger partial charge in [0.15, 0.2) is 0 Å². The van der Waals surface area contributed by atoms with Crippen molar-refractivity contribution in [2.75, 3.05) is 6.54 Å². The summed E-state index contributed by atoms with van der Waals surface area (Å²) in [6.45, 7) is 2.65. The summed E-state index contributed by atoms with van der Waals surface area (Å²) in [6.07, 6.45) is 3.20. The average Bonchev–Trinajstić information content (AvgIpc) is 2.88. The van der Waals surface area contributed by atoms with Gasteiger partial charge < -0.3 is 11.1 Å². The number of nitrogens with two attached hydrogens (primary N) is 1. The van der Waals surface area contributed by atoms with Crippen molar-refractivity contribution in [3.05, 3.63) is 35.9 Å². The van der Waals surface area contributed by atoms with Crippen LogP contribution >= 0.6 is 0 Å². The fraction of sp³-hybridized carbons (Fsp3) is 0.533. The molecule has 0 aliphatic heterocycles. The van der Waals surface area contributed by atoms with E-state index in [1.54, 1.807) is 0 Å². The van der Waals surface area contributed by atoms with Crippen LogP contribution in [0.5, 0.6) is 0 Å². The second-order valence-electron chi connectivity index (χ2n) is 5.17. The zero-order valence-electron chi connectivity index (χ0n) is 10.9. The van der Waals surface area contributed by atoms with Gasteiger partial charge in [0.2, 0.25) is 5.91 Å². The van der Waals surface area contributed by atoms with Gasteiger partial charge in [-0.25, -0.2) is 0 Å². The number of nitrogens with one attached hydrogen (secondary N) is 1. The van der Waals surface area contributed by atoms with Crippen LogP contribution in [0.4, 0.5) is 0 Å². The zero-order chi connectivity index (χ0) is 13.0. The first-order valence-corrected chi connectivity index (χ1v) is 6.77.